The van der Waals surface area contributed by atoms with Crippen molar-refractivity contribution < 1.29 is 4.79 Å². The Morgan fingerprint density at radius 2 is 2.53 bits per heavy atom. The first kappa shape index (κ1) is 12.2. The number of thioether (sulfide) groups is 1. The molecule has 3 N–H and O–H groups in total. The van der Waals surface area contributed by atoms with Crippen molar-refractivity contribution in [3.05, 3.63) is 23.9 Å². The van der Waals surface area contributed by atoms with E-state index in [1.807, 2.05) is 11.8 Å². The Bertz CT molecular complexity index is 416. The minimum absolute atomic E-state index is 0.0761. The van der Waals surface area contributed by atoms with E-state index in [1.54, 1.807) is 18.3 Å². The second-order valence-electron chi connectivity index (χ2n) is 4.55. The molecule has 1 fully saturated rings. The lowest BCUT2D eigenvalue weighted by molar-refractivity contribution is 0.0950. The number of hydrogen-bond acceptors (Lipinski definition) is 4. The quantitative estimate of drug-likeness (QED) is 0.857. The first-order valence-corrected chi connectivity index (χ1v) is 6.71. The van der Waals surface area contributed by atoms with Crippen LogP contribution < -0.4 is 11.1 Å². The van der Waals surface area contributed by atoms with E-state index in [-0.39, 0.29) is 10.7 Å². The number of carbonyl (C=O) groups is 1. The molecule has 17 heavy (non-hydrogen) atoms. The van der Waals surface area contributed by atoms with Crippen molar-refractivity contribution in [1.82, 2.24) is 10.3 Å². The van der Waals surface area contributed by atoms with Crippen LogP contribution >= 0.6 is 11.8 Å². The molecule has 0 aliphatic carbocycles. The summed E-state index contributed by atoms with van der Waals surface area (Å²) >= 11 is 1.93. The molecular formula is C12H17N3OS. The molecule has 1 aliphatic heterocycles. The molecule has 0 aromatic carbocycles. The third-order valence-electron chi connectivity index (χ3n) is 2.97. The van der Waals surface area contributed by atoms with E-state index in [9.17, 15) is 4.79 Å². The highest BCUT2D eigenvalue weighted by molar-refractivity contribution is 8.00. The van der Waals surface area contributed by atoms with Crippen LogP contribution in [0.25, 0.3) is 0 Å². The van der Waals surface area contributed by atoms with Gasteiger partial charge < -0.3 is 11.1 Å². The van der Waals surface area contributed by atoms with Crippen LogP contribution in [0.1, 0.15) is 30.1 Å². The summed E-state index contributed by atoms with van der Waals surface area (Å²) in [5.41, 5.74) is 6.12. The van der Waals surface area contributed by atoms with E-state index in [0.717, 1.165) is 6.42 Å². The summed E-state index contributed by atoms with van der Waals surface area (Å²) in [4.78, 5) is 15.8. The van der Waals surface area contributed by atoms with Crippen LogP contribution in [-0.4, -0.2) is 27.9 Å². The Hall–Kier alpha value is -1.23. The van der Waals surface area contributed by atoms with Gasteiger partial charge in [0.15, 0.2) is 0 Å². The fourth-order valence-electron chi connectivity index (χ4n) is 1.94. The first-order chi connectivity index (χ1) is 8.09. The van der Waals surface area contributed by atoms with Gasteiger partial charge in [-0.15, -0.1) is 0 Å². The molecule has 0 saturated carbocycles. The Balaban J connectivity index is 1.93. The Labute approximate surface area is 105 Å². The number of nitrogens with two attached hydrogens (primary N) is 1. The van der Waals surface area contributed by atoms with Gasteiger partial charge in [0.25, 0.3) is 5.91 Å². The van der Waals surface area contributed by atoms with E-state index in [1.165, 1.54) is 12.2 Å². The highest BCUT2D eigenvalue weighted by atomic mass is 32.2. The highest BCUT2D eigenvalue weighted by Crippen LogP contribution is 2.36. The maximum Gasteiger partial charge on any atom is 0.251 e. The number of hydrogen-bond donors (Lipinski definition) is 2. The number of nitrogens with one attached hydrogen (secondary N) is 1. The number of anilines is 1. The molecule has 4 nitrogen and oxygen atoms in total. The van der Waals surface area contributed by atoms with Crippen LogP contribution in [0.15, 0.2) is 18.3 Å². The lowest BCUT2D eigenvalue weighted by Gasteiger charge is -2.22. The van der Waals surface area contributed by atoms with Crippen LogP contribution in [0.3, 0.4) is 0 Å². The van der Waals surface area contributed by atoms with Gasteiger partial charge in [0.2, 0.25) is 0 Å². The van der Waals surface area contributed by atoms with Gasteiger partial charge in [0.05, 0.1) is 0 Å². The van der Waals surface area contributed by atoms with Gasteiger partial charge >= 0.3 is 0 Å². The van der Waals surface area contributed by atoms with Crippen molar-refractivity contribution in [2.24, 2.45) is 0 Å². The molecule has 92 valence electrons. The monoisotopic (exact) mass is 251 g/mol. The van der Waals surface area contributed by atoms with Gasteiger partial charge in [-0.3, -0.25) is 4.79 Å². The molecule has 0 radical (unpaired) electrons. The predicted molar refractivity (Wildman–Crippen MR) is 71.1 cm³/mol. The standard InChI is InChI=1S/C12H17N3OS/c1-12(4-2-6-17-12)8-15-11(16)9-3-5-14-10(13)7-9/h3,5,7H,2,4,6,8H2,1H3,(H2,13,14)(H,15,16). The number of amides is 1. The molecule has 0 spiro atoms. The average molecular weight is 251 g/mol. The highest BCUT2D eigenvalue weighted by Gasteiger charge is 2.29. The molecule has 1 saturated heterocycles. The van der Waals surface area contributed by atoms with E-state index in [2.05, 4.69) is 17.2 Å². The molecule has 0 bridgehead atoms. The number of aromatic nitrogens is 1. The number of carbonyl (C=O) groups excluding carboxylic acids is 1. The van der Waals surface area contributed by atoms with Gasteiger partial charge in [-0.25, -0.2) is 4.98 Å². The molecule has 2 heterocycles. The van der Waals surface area contributed by atoms with E-state index >= 15 is 0 Å². The third-order valence-corrected chi connectivity index (χ3v) is 4.50. The lowest BCUT2D eigenvalue weighted by Crippen LogP contribution is -2.36. The number of nitrogen functional groups attached to an aromatic ring is 1. The van der Waals surface area contributed by atoms with Crippen LogP contribution in [0.2, 0.25) is 0 Å². The second kappa shape index (κ2) is 4.96. The van der Waals surface area contributed by atoms with Crippen LogP contribution in [0.4, 0.5) is 5.82 Å². The van der Waals surface area contributed by atoms with Crippen LogP contribution in [0, 0.1) is 0 Å². The molecular weight excluding hydrogens is 234 g/mol. The minimum atomic E-state index is -0.0761. The molecule has 1 atom stereocenters. The van der Waals surface area contributed by atoms with E-state index < -0.39 is 0 Å². The van der Waals surface area contributed by atoms with Crippen LogP contribution in [0.5, 0.6) is 0 Å². The molecule has 2 rings (SSSR count). The third kappa shape index (κ3) is 3.12. The predicted octanol–water partition coefficient (Wildman–Crippen LogP) is 1.68. The molecule has 1 aromatic heterocycles. The molecule has 1 aromatic rings. The Kier molecular flexibility index (Phi) is 3.57. The maximum absolute atomic E-state index is 11.9. The number of pyridine rings is 1. The molecule has 5 heteroatoms. The Morgan fingerprint density at radius 1 is 1.71 bits per heavy atom. The van der Waals surface area contributed by atoms with Crippen LogP contribution in [-0.2, 0) is 0 Å². The molecule has 1 aliphatic rings. The second-order valence-corrected chi connectivity index (χ2v) is 6.24. The van der Waals surface area contributed by atoms with Gasteiger partial charge in [0, 0.05) is 23.1 Å². The normalized spacial score (nSPS) is 23.6. The van der Waals surface area contributed by atoms with Crippen molar-refractivity contribution in [3.8, 4) is 0 Å². The van der Waals surface area contributed by atoms with Crippen molar-refractivity contribution in [1.29, 1.82) is 0 Å². The zero-order valence-corrected chi connectivity index (χ0v) is 10.7. The van der Waals surface area contributed by atoms with Crippen molar-refractivity contribution in [2.45, 2.75) is 24.5 Å². The Morgan fingerprint density at radius 3 is 3.18 bits per heavy atom. The maximum atomic E-state index is 11.9. The minimum Gasteiger partial charge on any atom is -0.384 e. The summed E-state index contributed by atoms with van der Waals surface area (Å²) in [5.74, 6) is 1.49. The van der Waals surface area contributed by atoms with Crippen molar-refractivity contribution >= 4 is 23.5 Å². The zero-order chi connectivity index (χ0) is 12.3. The smallest absolute Gasteiger partial charge is 0.251 e. The summed E-state index contributed by atoms with van der Waals surface area (Å²) in [6.45, 7) is 2.91. The zero-order valence-electron chi connectivity index (χ0n) is 9.90. The summed E-state index contributed by atoms with van der Waals surface area (Å²) in [6.07, 6.45) is 3.95. The fraction of sp³-hybridized carbons (Fsp3) is 0.500. The average Bonchev–Trinajstić information content (AvgIpc) is 2.74. The van der Waals surface area contributed by atoms with E-state index in [4.69, 9.17) is 5.73 Å². The van der Waals surface area contributed by atoms with Crippen molar-refractivity contribution in [3.63, 3.8) is 0 Å². The number of rotatable bonds is 3. The van der Waals surface area contributed by atoms with Gasteiger partial charge in [-0.2, -0.15) is 11.8 Å². The fourth-order valence-corrected chi connectivity index (χ4v) is 3.18. The summed E-state index contributed by atoms with van der Waals surface area (Å²) in [6, 6.07) is 3.27. The summed E-state index contributed by atoms with van der Waals surface area (Å²) in [7, 11) is 0. The molecule has 1 unspecified atom stereocenters. The van der Waals surface area contributed by atoms with Gasteiger partial charge in [-0.1, -0.05) is 0 Å². The van der Waals surface area contributed by atoms with E-state index in [0.29, 0.717) is 17.9 Å². The summed E-state index contributed by atoms with van der Waals surface area (Å²) in [5, 5.41) is 2.97. The van der Waals surface area contributed by atoms with Gasteiger partial charge in [-0.05, 0) is 37.7 Å². The van der Waals surface area contributed by atoms with Gasteiger partial charge in [0.1, 0.15) is 5.82 Å². The number of nitrogens with zero attached hydrogens (tertiary/aromatic N) is 1. The first-order valence-electron chi connectivity index (χ1n) is 5.73. The molecule has 1 amide bonds. The SMILES string of the molecule is CC1(CNC(=O)c2ccnc(N)c2)CCCS1. The van der Waals surface area contributed by atoms with Crippen molar-refractivity contribution in [2.75, 3.05) is 18.0 Å². The lowest BCUT2D eigenvalue weighted by atomic mass is 10.1. The topological polar surface area (TPSA) is 68.0 Å². The summed E-state index contributed by atoms with van der Waals surface area (Å²) < 4.78 is 0.189. The largest absolute Gasteiger partial charge is 0.384 e.